The van der Waals surface area contributed by atoms with Gasteiger partial charge >= 0.3 is 0 Å². The molecule has 2 fully saturated rings. The lowest BCUT2D eigenvalue weighted by molar-refractivity contribution is -0.139. The first-order valence-electron chi connectivity index (χ1n) is 7.52. The van der Waals surface area contributed by atoms with Crippen molar-refractivity contribution < 1.29 is 9.59 Å². The lowest BCUT2D eigenvalue weighted by Crippen LogP contribution is -2.57. The molecular formula is C15H20N2O2S4. The zero-order valence-electron chi connectivity index (χ0n) is 12.9. The van der Waals surface area contributed by atoms with Gasteiger partial charge in [0.2, 0.25) is 11.8 Å². The van der Waals surface area contributed by atoms with Gasteiger partial charge in [-0.25, -0.2) is 0 Å². The average Bonchev–Trinajstić information content (AvgIpc) is 3.14. The number of hydrogen-bond acceptors (Lipinski definition) is 6. The monoisotopic (exact) mass is 388 g/mol. The summed E-state index contributed by atoms with van der Waals surface area (Å²) in [7, 11) is 0. The molecule has 0 saturated carbocycles. The van der Waals surface area contributed by atoms with E-state index < -0.39 is 0 Å². The largest absolute Gasteiger partial charge is 0.353 e. The molecule has 4 nitrogen and oxygen atoms in total. The molecule has 2 aliphatic heterocycles. The van der Waals surface area contributed by atoms with Gasteiger partial charge in [-0.1, -0.05) is 6.07 Å². The minimum atomic E-state index is -0.305. The van der Waals surface area contributed by atoms with Crippen LogP contribution in [0.2, 0.25) is 0 Å². The zero-order valence-corrected chi connectivity index (χ0v) is 16.2. The highest BCUT2D eigenvalue weighted by Crippen LogP contribution is 2.44. The lowest BCUT2D eigenvalue weighted by Gasteiger charge is -2.40. The molecule has 2 amide bonds. The van der Waals surface area contributed by atoms with Gasteiger partial charge in [0.05, 0.1) is 10.6 Å². The number of nitrogens with one attached hydrogen (secondary N) is 1. The highest BCUT2D eigenvalue weighted by molar-refractivity contribution is 8.04. The van der Waals surface area contributed by atoms with Crippen molar-refractivity contribution in [1.82, 2.24) is 10.2 Å². The second-order valence-electron chi connectivity index (χ2n) is 5.68. The molecule has 0 unspecified atom stereocenters. The van der Waals surface area contributed by atoms with Gasteiger partial charge in [0.15, 0.2) is 0 Å². The van der Waals surface area contributed by atoms with Gasteiger partial charge in [0.1, 0.15) is 6.04 Å². The van der Waals surface area contributed by atoms with Gasteiger partial charge in [-0.05, 0) is 18.4 Å². The molecular weight excluding hydrogens is 368 g/mol. The van der Waals surface area contributed by atoms with E-state index in [1.807, 2.05) is 16.7 Å². The normalized spacial score (nSPS) is 27.1. The minimum Gasteiger partial charge on any atom is -0.353 e. The second-order valence-corrected chi connectivity index (χ2v) is 10.3. The summed E-state index contributed by atoms with van der Waals surface area (Å²) in [4.78, 5) is 27.6. The van der Waals surface area contributed by atoms with E-state index in [2.05, 4.69) is 29.8 Å². The first-order valence-corrected chi connectivity index (χ1v) is 11.7. The molecule has 1 aromatic heterocycles. The van der Waals surface area contributed by atoms with Crippen LogP contribution in [0.25, 0.3) is 0 Å². The summed E-state index contributed by atoms with van der Waals surface area (Å²) in [5.74, 6) is 4.09. The van der Waals surface area contributed by atoms with E-state index in [1.54, 1.807) is 34.9 Å². The minimum absolute atomic E-state index is 0.00167. The predicted octanol–water partition coefficient (Wildman–Crippen LogP) is 2.50. The fraction of sp³-hybridized carbons (Fsp3) is 0.600. The van der Waals surface area contributed by atoms with Crippen molar-refractivity contribution in [1.29, 1.82) is 0 Å². The highest BCUT2D eigenvalue weighted by atomic mass is 32.2. The van der Waals surface area contributed by atoms with Gasteiger partial charge < -0.3 is 10.2 Å². The Morgan fingerprint density at radius 2 is 2.43 bits per heavy atom. The number of hydrogen-bond donors (Lipinski definition) is 1. The van der Waals surface area contributed by atoms with Crippen LogP contribution in [0.3, 0.4) is 0 Å². The fourth-order valence-electron chi connectivity index (χ4n) is 2.80. The van der Waals surface area contributed by atoms with Crippen LogP contribution in [0.4, 0.5) is 0 Å². The molecule has 3 rings (SSSR count). The number of thioether (sulfide) groups is 3. The molecule has 0 bridgehead atoms. The Balaban J connectivity index is 1.44. The van der Waals surface area contributed by atoms with Gasteiger partial charge in [-0.3, -0.25) is 9.59 Å². The van der Waals surface area contributed by atoms with Gasteiger partial charge in [-0.15, -0.1) is 34.9 Å². The summed E-state index contributed by atoms with van der Waals surface area (Å²) < 4.78 is 0. The van der Waals surface area contributed by atoms with Crippen LogP contribution in [0, 0.1) is 0 Å². The van der Waals surface area contributed by atoms with Gasteiger partial charge in [0.25, 0.3) is 0 Å². The number of fused-ring (bicyclic) bond motifs is 1. The van der Waals surface area contributed by atoms with Crippen LogP contribution in [-0.2, 0) is 15.3 Å². The smallest absolute Gasteiger partial charge is 0.243 e. The Morgan fingerprint density at radius 3 is 3.22 bits per heavy atom. The average molecular weight is 389 g/mol. The van der Waals surface area contributed by atoms with Crippen molar-refractivity contribution in [3.05, 3.63) is 22.4 Å². The molecule has 2 saturated heterocycles. The maximum Gasteiger partial charge on any atom is 0.243 e. The summed E-state index contributed by atoms with van der Waals surface area (Å²) in [6.07, 6.45) is 0. The van der Waals surface area contributed by atoms with Crippen molar-refractivity contribution >= 4 is 58.4 Å². The van der Waals surface area contributed by atoms with E-state index in [0.717, 1.165) is 17.3 Å². The quantitative estimate of drug-likeness (QED) is 0.759. The fourth-order valence-corrected chi connectivity index (χ4v) is 7.20. The third-order valence-corrected chi connectivity index (χ3v) is 8.82. The Bertz CT molecular complexity index is 566. The zero-order chi connectivity index (χ0) is 16.3. The van der Waals surface area contributed by atoms with Crippen molar-refractivity contribution in [3.63, 3.8) is 0 Å². The molecule has 0 radical (unpaired) electrons. The second kappa shape index (κ2) is 7.72. The van der Waals surface area contributed by atoms with Crippen molar-refractivity contribution in [2.24, 2.45) is 0 Å². The lowest BCUT2D eigenvalue weighted by atomic mass is 10.2. The predicted molar refractivity (Wildman–Crippen MR) is 102 cm³/mol. The van der Waals surface area contributed by atoms with Crippen LogP contribution < -0.4 is 5.32 Å². The van der Waals surface area contributed by atoms with Crippen LogP contribution in [0.15, 0.2) is 17.5 Å². The van der Waals surface area contributed by atoms with E-state index >= 15 is 0 Å². The molecule has 126 valence electrons. The SMILES string of the molecule is C[C@]12CSCC(=O)N1[C@H](C(=O)NCCSCc1cccs1)CS2. The molecule has 0 spiro atoms. The van der Waals surface area contributed by atoms with Crippen LogP contribution in [0.5, 0.6) is 0 Å². The Morgan fingerprint density at radius 1 is 1.57 bits per heavy atom. The summed E-state index contributed by atoms with van der Waals surface area (Å²) in [5.41, 5.74) is 0. The third-order valence-electron chi connectivity index (χ3n) is 3.91. The van der Waals surface area contributed by atoms with Crippen molar-refractivity contribution in [3.8, 4) is 0 Å². The maximum absolute atomic E-state index is 12.4. The number of thiophene rings is 1. The van der Waals surface area contributed by atoms with Gasteiger partial charge in [-0.2, -0.15) is 11.8 Å². The molecule has 0 aliphatic carbocycles. The van der Waals surface area contributed by atoms with Crippen LogP contribution in [-0.4, -0.2) is 57.2 Å². The summed E-state index contributed by atoms with van der Waals surface area (Å²) in [5, 5.41) is 5.09. The standard InChI is InChI=1S/C15H20N2O2S4/c1-15-10-21-9-13(18)17(15)12(8-23-15)14(19)16-4-6-20-7-11-3-2-5-22-11/h2-3,5,12H,4,6-10H2,1H3,(H,16,19)/t12-,15-/m0/s1. The Labute approximate surface area is 153 Å². The maximum atomic E-state index is 12.4. The first-order chi connectivity index (χ1) is 11.1. The van der Waals surface area contributed by atoms with Crippen LogP contribution >= 0.6 is 46.6 Å². The molecule has 8 heteroatoms. The van der Waals surface area contributed by atoms with E-state index in [9.17, 15) is 9.59 Å². The Kier molecular flexibility index (Phi) is 5.87. The Hall–Kier alpha value is -0.310. The highest BCUT2D eigenvalue weighted by Gasteiger charge is 2.50. The summed E-state index contributed by atoms with van der Waals surface area (Å²) in [6, 6.07) is 3.89. The first kappa shape index (κ1) is 17.5. The summed E-state index contributed by atoms with van der Waals surface area (Å²) >= 11 is 6.99. The van der Waals surface area contributed by atoms with E-state index in [4.69, 9.17) is 0 Å². The molecule has 2 aliphatic rings. The van der Waals surface area contributed by atoms with Crippen molar-refractivity contribution in [2.75, 3.05) is 29.6 Å². The molecule has 23 heavy (non-hydrogen) atoms. The number of carbonyl (C=O) groups excluding carboxylic acids is 2. The topological polar surface area (TPSA) is 49.4 Å². The number of carbonyl (C=O) groups is 2. The van der Waals surface area contributed by atoms with E-state index in [1.165, 1.54) is 4.88 Å². The third kappa shape index (κ3) is 4.03. The molecule has 2 atom stereocenters. The van der Waals surface area contributed by atoms with E-state index in [0.29, 0.717) is 18.1 Å². The molecule has 3 heterocycles. The number of amides is 2. The molecule has 1 N–H and O–H groups in total. The van der Waals surface area contributed by atoms with E-state index in [-0.39, 0.29) is 22.7 Å². The number of nitrogens with zero attached hydrogens (tertiary/aromatic N) is 1. The number of rotatable bonds is 6. The van der Waals surface area contributed by atoms with Gasteiger partial charge in [0, 0.05) is 34.4 Å². The summed E-state index contributed by atoms with van der Waals surface area (Å²) in [6.45, 7) is 2.73. The van der Waals surface area contributed by atoms with Crippen LogP contribution in [0.1, 0.15) is 11.8 Å². The molecule has 0 aromatic carbocycles. The molecule has 1 aromatic rings. The van der Waals surface area contributed by atoms with Crippen molar-refractivity contribution in [2.45, 2.75) is 23.6 Å².